The van der Waals surface area contributed by atoms with Crippen LogP contribution in [0.2, 0.25) is 0 Å². The van der Waals surface area contributed by atoms with Crippen LogP contribution in [-0.2, 0) is 4.74 Å². The fourth-order valence-corrected chi connectivity index (χ4v) is 1.63. The topological polar surface area (TPSA) is 41.5 Å². The van der Waals surface area contributed by atoms with Crippen molar-refractivity contribution >= 4 is 0 Å². The van der Waals surface area contributed by atoms with Crippen LogP contribution in [0, 0.1) is 0 Å². The number of fused-ring (bicyclic) bond motifs is 1. The van der Waals surface area contributed by atoms with E-state index in [9.17, 15) is 0 Å². The molecule has 2 rings (SSSR count). The molecule has 0 aromatic rings. The van der Waals surface area contributed by atoms with Gasteiger partial charge in [-0.05, 0) is 6.42 Å². The predicted molar refractivity (Wildman–Crippen MR) is 31.9 cm³/mol. The summed E-state index contributed by atoms with van der Waals surface area (Å²) in [6, 6.07) is 0.431. The maximum atomic E-state index is 9.12. The zero-order valence-corrected chi connectivity index (χ0v) is 5.21. The molecule has 0 radical (unpaired) electrons. The van der Waals surface area contributed by atoms with Gasteiger partial charge in [0.05, 0.1) is 18.9 Å². The summed E-state index contributed by atoms with van der Waals surface area (Å²) < 4.78 is 5.28. The summed E-state index contributed by atoms with van der Waals surface area (Å²) in [5, 5.41) is 12.3. The average Bonchev–Trinajstić information content (AvgIpc) is 2.22. The van der Waals surface area contributed by atoms with Gasteiger partial charge in [0.15, 0.2) is 0 Å². The van der Waals surface area contributed by atoms with Gasteiger partial charge in [0.2, 0.25) is 0 Å². The normalized spacial score (nSPS) is 49.7. The van der Waals surface area contributed by atoms with Gasteiger partial charge in [0.25, 0.3) is 0 Å². The number of aliphatic hydroxyl groups excluding tert-OH is 1. The fourth-order valence-electron chi connectivity index (χ4n) is 1.63. The summed E-state index contributed by atoms with van der Waals surface area (Å²) >= 11 is 0. The van der Waals surface area contributed by atoms with E-state index in [0.29, 0.717) is 18.9 Å². The first-order valence-electron chi connectivity index (χ1n) is 3.39. The van der Waals surface area contributed by atoms with E-state index in [0.717, 1.165) is 12.8 Å². The molecule has 2 N–H and O–H groups in total. The van der Waals surface area contributed by atoms with E-state index in [1.807, 2.05) is 0 Å². The molecule has 2 fully saturated rings. The molecule has 1 aliphatic carbocycles. The molecular weight excluding hydrogens is 118 g/mol. The number of nitrogens with one attached hydrogen (secondary N) is 1. The second-order valence-electron chi connectivity index (χ2n) is 2.79. The fraction of sp³-hybridized carbons (Fsp3) is 1.00. The molecule has 0 aromatic carbocycles. The van der Waals surface area contributed by atoms with Crippen molar-refractivity contribution in [2.75, 3.05) is 6.73 Å². The minimum absolute atomic E-state index is 0.132. The third-order valence-corrected chi connectivity index (χ3v) is 2.12. The van der Waals surface area contributed by atoms with Crippen molar-refractivity contribution < 1.29 is 9.84 Å². The quantitative estimate of drug-likeness (QED) is 0.461. The number of rotatable bonds is 0. The lowest BCUT2D eigenvalue weighted by Gasteiger charge is -2.02. The lowest BCUT2D eigenvalue weighted by molar-refractivity contribution is 0.0830. The van der Waals surface area contributed by atoms with Gasteiger partial charge >= 0.3 is 0 Å². The third kappa shape index (κ3) is 0.852. The first-order valence-corrected chi connectivity index (χ1v) is 3.39. The van der Waals surface area contributed by atoms with E-state index in [-0.39, 0.29) is 6.10 Å². The summed E-state index contributed by atoms with van der Waals surface area (Å²) in [7, 11) is 0. The third-order valence-electron chi connectivity index (χ3n) is 2.12. The first kappa shape index (κ1) is 5.65. The molecule has 1 heterocycles. The minimum atomic E-state index is -0.132. The van der Waals surface area contributed by atoms with Crippen molar-refractivity contribution in [1.82, 2.24) is 5.32 Å². The van der Waals surface area contributed by atoms with Crippen molar-refractivity contribution in [2.45, 2.75) is 31.1 Å². The summed E-state index contributed by atoms with van der Waals surface area (Å²) in [5.74, 6) is 0. The lowest BCUT2D eigenvalue weighted by atomic mass is 10.2. The number of hydrogen-bond donors (Lipinski definition) is 2. The Morgan fingerprint density at radius 1 is 1.44 bits per heavy atom. The Hall–Kier alpha value is -0.120. The van der Waals surface area contributed by atoms with Gasteiger partial charge in [-0.1, -0.05) is 0 Å². The zero-order valence-electron chi connectivity index (χ0n) is 5.21. The van der Waals surface area contributed by atoms with Crippen LogP contribution < -0.4 is 5.32 Å². The van der Waals surface area contributed by atoms with Crippen molar-refractivity contribution in [2.24, 2.45) is 0 Å². The van der Waals surface area contributed by atoms with Gasteiger partial charge < -0.3 is 9.84 Å². The van der Waals surface area contributed by atoms with Crippen molar-refractivity contribution in [1.29, 1.82) is 0 Å². The van der Waals surface area contributed by atoms with Gasteiger partial charge in [-0.15, -0.1) is 0 Å². The molecule has 1 aliphatic heterocycles. The second kappa shape index (κ2) is 1.94. The van der Waals surface area contributed by atoms with E-state index in [1.165, 1.54) is 0 Å². The molecule has 0 amide bonds. The summed E-state index contributed by atoms with van der Waals surface area (Å²) in [5.41, 5.74) is 0. The van der Waals surface area contributed by atoms with E-state index >= 15 is 0 Å². The molecule has 2 aliphatic rings. The average molecular weight is 129 g/mol. The van der Waals surface area contributed by atoms with Gasteiger partial charge in [-0.2, -0.15) is 0 Å². The van der Waals surface area contributed by atoms with E-state index in [4.69, 9.17) is 9.84 Å². The van der Waals surface area contributed by atoms with Crippen LogP contribution >= 0.6 is 0 Å². The molecule has 0 spiro atoms. The Morgan fingerprint density at radius 2 is 2.33 bits per heavy atom. The SMILES string of the molecule is OC1CC2NCOC2C1. The maximum absolute atomic E-state index is 9.12. The smallest absolute Gasteiger partial charge is 0.0972 e. The number of ether oxygens (including phenoxy) is 1. The highest BCUT2D eigenvalue weighted by molar-refractivity contribution is 4.91. The molecule has 9 heavy (non-hydrogen) atoms. The monoisotopic (exact) mass is 129 g/mol. The van der Waals surface area contributed by atoms with Crippen LogP contribution in [0.3, 0.4) is 0 Å². The number of hydrogen-bond acceptors (Lipinski definition) is 3. The van der Waals surface area contributed by atoms with Crippen LogP contribution in [0.15, 0.2) is 0 Å². The molecule has 0 bridgehead atoms. The molecule has 3 heteroatoms. The van der Waals surface area contributed by atoms with Gasteiger partial charge in [0, 0.05) is 12.5 Å². The molecule has 3 atom stereocenters. The van der Waals surface area contributed by atoms with Crippen LogP contribution in [0.25, 0.3) is 0 Å². The molecule has 0 aromatic heterocycles. The van der Waals surface area contributed by atoms with E-state index in [2.05, 4.69) is 5.32 Å². The second-order valence-corrected chi connectivity index (χ2v) is 2.79. The van der Waals surface area contributed by atoms with Gasteiger partial charge in [0.1, 0.15) is 0 Å². The van der Waals surface area contributed by atoms with Crippen molar-refractivity contribution in [3.05, 3.63) is 0 Å². The largest absolute Gasteiger partial charge is 0.393 e. The van der Waals surface area contributed by atoms with Gasteiger partial charge in [-0.25, -0.2) is 0 Å². The Labute approximate surface area is 54.0 Å². The Bertz CT molecular complexity index is 106. The zero-order chi connectivity index (χ0) is 6.27. The molecule has 1 saturated carbocycles. The standard InChI is InChI=1S/C6H11NO2/c8-4-1-5-6(2-4)9-3-7-5/h4-8H,1-3H2. The predicted octanol–water partition coefficient (Wildman–Crippen LogP) is -0.544. The van der Waals surface area contributed by atoms with Crippen molar-refractivity contribution in [3.63, 3.8) is 0 Å². The van der Waals surface area contributed by atoms with E-state index < -0.39 is 0 Å². The van der Waals surface area contributed by atoms with Crippen LogP contribution in [0.1, 0.15) is 12.8 Å². The maximum Gasteiger partial charge on any atom is 0.0972 e. The highest BCUT2D eigenvalue weighted by atomic mass is 16.5. The van der Waals surface area contributed by atoms with Gasteiger partial charge in [-0.3, -0.25) is 5.32 Å². The Kier molecular flexibility index (Phi) is 1.22. The highest BCUT2D eigenvalue weighted by Crippen LogP contribution is 2.25. The van der Waals surface area contributed by atoms with E-state index in [1.54, 1.807) is 0 Å². The highest BCUT2D eigenvalue weighted by Gasteiger charge is 2.37. The summed E-state index contributed by atoms with van der Waals surface area (Å²) in [4.78, 5) is 0. The molecular formula is C6H11NO2. The summed E-state index contributed by atoms with van der Waals surface area (Å²) in [6.07, 6.45) is 1.84. The van der Waals surface area contributed by atoms with Crippen molar-refractivity contribution in [3.8, 4) is 0 Å². The lowest BCUT2D eigenvalue weighted by Crippen LogP contribution is -2.25. The van der Waals surface area contributed by atoms with Crippen LogP contribution in [-0.4, -0.2) is 30.1 Å². The Morgan fingerprint density at radius 3 is 3.11 bits per heavy atom. The minimum Gasteiger partial charge on any atom is -0.393 e. The molecule has 1 saturated heterocycles. The summed E-state index contributed by atoms with van der Waals surface area (Å²) in [6.45, 7) is 0.669. The number of aliphatic hydroxyl groups is 1. The van der Waals surface area contributed by atoms with Crippen LogP contribution in [0.5, 0.6) is 0 Å². The van der Waals surface area contributed by atoms with Crippen LogP contribution in [0.4, 0.5) is 0 Å². The molecule has 3 nitrogen and oxygen atoms in total. The molecule has 52 valence electrons. The Balaban J connectivity index is 2.02. The molecule has 3 unspecified atom stereocenters. The first-order chi connectivity index (χ1) is 4.36.